The van der Waals surface area contributed by atoms with E-state index in [0.717, 1.165) is 0 Å². The Morgan fingerprint density at radius 2 is 1.83 bits per heavy atom. The molecule has 1 aliphatic rings. The van der Waals surface area contributed by atoms with Gasteiger partial charge in [0.05, 0.1) is 23.7 Å². The number of ether oxygens (including phenoxy) is 1. The van der Waals surface area contributed by atoms with Crippen LogP contribution in [-0.4, -0.2) is 38.8 Å². The first-order valence-electron chi connectivity index (χ1n) is 8.82. The molecule has 1 fully saturated rings. The second-order valence-corrected chi connectivity index (χ2v) is 9.80. The third-order valence-electron chi connectivity index (χ3n) is 4.69. The standard InChI is InChI=1S/C19H19Cl3N2O4S/c1-28-17-7-5-13(20)9-16(17)23-19(25)12-3-2-8-24(11-12)29(26,27)18-10-14(21)4-6-15(18)22/h4-7,9-10,12H,2-3,8,11H2,1H3,(H,23,25)/t12-/m1/s1. The van der Waals surface area contributed by atoms with Gasteiger partial charge in [0, 0.05) is 23.1 Å². The summed E-state index contributed by atoms with van der Waals surface area (Å²) in [5, 5.41) is 3.59. The molecular formula is C19H19Cl3N2O4S. The molecule has 0 unspecified atom stereocenters. The van der Waals surface area contributed by atoms with Crippen LogP contribution in [0, 0.1) is 5.92 Å². The van der Waals surface area contributed by atoms with Crippen LogP contribution in [0.15, 0.2) is 41.3 Å². The molecule has 0 saturated carbocycles. The Hall–Kier alpha value is -1.51. The van der Waals surface area contributed by atoms with Crippen molar-refractivity contribution in [2.24, 2.45) is 5.92 Å². The van der Waals surface area contributed by atoms with E-state index < -0.39 is 15.9 Å². The molecule has 1 amide bonds. The van der Waals surface area contributed by atoms with Gasteiger partial charge < -0.3 is 10.1 Å². The monoisotopic (exact) mass is 476 g/mol. The first-order valence-corrected chi connectivity index (χ1v) is 11.4. The number of nitrogens with one attached hydrogen (secondary N) is 1. The van der Waals surface area contributed by atoms with Crippen LogP contribution in [-0.2, 0) is 14.8 Å². The smallest absolute Gasteiger partial charge is 0.244 e. The number of anilines is 1. The van der Waals surface area contributed by atoms with Crippen LogP contribution in [0.2, 0.25) is 15.1 Å². The molecular weight excluding hydrogens is 459 g/mol. The molecule has 2 aromatic rings. The summed E-state index contributed by atoms with van der Waals surface area (Å²) in [5.41, 5.74) is 0.433. The Labute approximate surface area is 184 Å². The maximum absolute atomic E-state index is 13.0. The minimum absolute atomic E-state index is 0.0416. The van der Waals surface area contributed by atoms with E-state index in [1.54, 1.807) is 18.2 Å². The Morgan fingerprint density at radius 1 is 1.14 bits per heavy atom. The number of amides is 1. The van der Waals surface area contributed by atoms with Crippen molar-refractivity contribution in [3.63, 3.8) is 0 Å². The summed E-state index contributed by atoms with van der Waals surface area (Å²) in [5.74, 6) is -0.364. The van der Waals surface area contributed by atoms with Gasteiger partial charge in [-0.15, -0.1) is 0 Å². The highest BCUT2D eigenvalue weighted by atomic mass is 35.5. The van der Waals surface area contributed by atoms with Crippen LogP contribution in [0.5, 0.6) is 5.75 Å². The van der Waals surface area contributed by atoms with Gasteiger partial charge in [-0.25, -0.2) is 8.42 Å². The van der Waals surface area contributed by atoms with Gasteiger partial charge in [0.15, 0.2) is 0 Å². The summed E-state index contributed by atoms with van der Waals surface area (Å²) in [4.78, 5) is 12.7. The van der Waals surface area contributed by atoms with Gasteiger partial charge in [-0.1, -0.05) is 34.8 Å². The van der Waals surface area contributed by atoms with E-state index in [1.807, 2.05) is 0 Å². The molecule has 1 N–H and O–H groups in total. The number of carbonyl (C=O) groups is 1. The molecule has 10 heteroatoms. The zero-order chi connectivity index (χ0) is 21.2. The highest BCUT2D eigenvalue weighted by Crippen LogP contribution is 2.32. The third-order valence-corrected chi connectivity index (χ3v) is 7.50. The van der Waals surface area contributed by atoms with Crippen molar-refractivity contribution in [1.82, 2.24) is 4.31 Å². The second-order valence-electron chi connectivity index (χ2n) is 6.61. The minimum Gasteiger partial charge on any atom is -0.495 e. The number of methoxy groups -OCH3 is 1. The molecule has 2 aromatic carbocycles. The Morgan fingerprint density at radius 3 is 2.55 bits per heavy atom. The second kappa shape index (κ2) is 9.10. The fraction of sp³-hybridized carbons (Fsp3) is 0.316. The number of nitrogens with zero attached hydrogens (tertiary/aromatic N) is 1. The summed E-state index contributed by atoms with van der Waals surface area (Å²) < 4.78 is 32.6. The lowest BCUT2D eigenvalue weighted by atomic mass is 9.98. The maximum atomic E-state index is 13.0. The van der Waals surface area contributed by atoms with E-state index >= 15 is 0 Å². The molecule has 0 bridgehead atoms. The summed E-state index contributed by atoms with van der Waals surface area (Å²) in [6.07, 6.45) is 1.10. The number of carbonyl (C=O) groups excluding carboxylic acids is 1. The topological polar surface area (TPSA) is 75.7 Å². The van der Waals surface area contributed by atoms with Crippen molar-refractivity contribution in [1.29, 1.82) is 0 Å². The fourth-order valence-electron chi connectivity index (χ4n) is 3.20. The summed E-state index contributed by atoms with van der Waals surface area (Å²) in [6.45, 7) is 0.343. The fourth-order valence-corrected chi connectivity index (χ4v) is 5.63. The molecule has 0 spiro atoms. The number of piperidine rings is 1. The number of hydrogen-bond donors (Lipinski definition) is 1. The number of benzene rings is 2. The molecule has 1 aliphatic heterocycles. The van der Waals surface area contributed by atoms with Crippen LogP contribution < -0.4 is 10.1 Å². The molecule has 156 valence electrons. The predicted octanol–water partition coefficient (Wildman–Crippen LogP) is 4.69. The number of sulfonamides is 1. The number of halogens is 3. The minimum atomic E-state index is -3.88. The Kier molecular flexibility index (Phi) is 6.96. The summed E-state index contributed by atoms with van der Waals surface area (Å²) in [7, 11) is -2.39. The molecule has 6 nitrogen and oxygen atoms in total. The lowest BCUT2D eigenvalue weighted by molar-refractivity contribution is -0.120. The summed E-state index contributed by atoms with van der Waals surface area (Å²) >= 11 is 18.0. The first-order chi connectivity index (χ1) is 13.7. The van der Waals surface area contributed by atoms with Crippen LogP contribution in [0.4, 0.5) is 5.69 Å². The van der Waals surface area contributed by atoms with Crippen molar-refractivity contribution in [2.45, 2.75) is 17.7 Å². The van der Waals surface area contributed by atoms with Crippen molar-refractivity contribution >= 4 is 56.4 Å². The molecule has 0 aromatic heterocycles. The van der Waals surface area contributed by atoms with Gasteiger partial charge in [-0.05, 0) is 49.2 Å². The molecule has 0 aliphatic carbocycles. The van der Waals surface area contributed by atoms with E-state index in [9.17, 15) is 13.2 Å². The highest BCUT2D eigenvalue weighted by molar-refractivity contribution is 7.89. The van der Waals surface area contributed by atoms with Gasteiger partial charge in [0.25, 0.3) is 0 Å². The molecule has 1 heterocycles. The van der Waals surface area contributed by atoms with Gasteiger partial charge in [-0.3, -0.25) is 4.79 Å². The van der Waals surface area contributed by atoms with Crippen LogP contribution in [0.1, 0.15) is 12.8 Å². The predicted molar refractivity (Wildman–Crippen MR) is 115 cm³/mol. The Bertz CT molecular complexity index is 1030. The van der Waals surface area contributed by atoms with Crippen molar-refractivity contribution in [2.75, 3.05) is 25.5 Å². The first kappa shape index (κ1) is 22.2. The normalized spacial score (nSPS) is 17.7. The van der Waals surface area contributed by atoms with E-state index in [2.05, 4.69) is 5.32 Å². The van der Waals surface area contributed by atoms with Crippen molar-refractivity contribution in [3.05, 3.63) is 51.5 Å². The molecule has 1 atom stereocenters. The largest absolute Gasteiger partial charge is 0.495 e. The van der Waals surface area contributed by atoms with E-state index in [4.69, 9.17) is 39.5 Å². The van der Waals surface area contributed by atoms with Crippen molar-refractivity contribution in [3.8, 4) is 5.75 Å². The average molecular weight is 478 g/mol. The number of rotatable bonds is 5. The number of hydrogen-bond acceptors (Lipinski definition) is 4. The van der Waals surface area contributed by atoms with Gasteiger partial charge >= 0.3 is 0 Å². The SMILES string of the molecule is COc1ccc(Cl)cc1NC(=O)[C@@H]1CCCN(S(=O)(=O)c2cc(Cl)ccc2Cl)C1. The van der Waals surface area contributed by atoms with Crippen LogP contribution >= 0.6 is 34.8 Å². The third kappa shape index (κ3) is 4.98. The lowest BCUT2D eigenvalue weighted by Crippen LogP contribution is -2.43. The molecule has 3 rings (SSSR count). The zero-order valence-corrected chi connectivity index (χ0v) is 18.6. The summed E-state index contributed by atoms with van der Waals surface area (Å²) in [6, 6.07) is 9.17. The van der Waals surface area contributed by atoms with E-state index in [1.165, 1.54) is 29.6 Å². The van der Waals surface area contributed by atoms with Crippen LogP contribution in [0.25, 0.3) is 0 Å². The maximum Gasteiger partial charge on any atom is 0.244 e. The van der Waals surface area contributed by atoms with Gasteiger partial charge in [-0.2, -0.15) is 4.31 Å². The van der Waals surface area contributed by atoms with Gasteiger partial charge in [0.2, 0.25) is 15.9 Å². The molecule has 0 radical (unpaired) electrons. The van der Waals surface area contributed by atoms with E-state index in [-0.39, 0.29) is 27.4 Å². The highest BCUT2D eigenvalue weighted by Gasteiger charge is 2.34. The molecule has 1 saturated heterocycles. The average Bonchev–Trinajstić information content (AvgIpc) is 2.70. The zero-order valence-electron chi connectivity index (χ0n) is 15.5. The van der Waals surface area contributed by atoms with E-state index in [0.29, 0.717) is 35.8 Å². The molecule has 29 heavy (non-hydrogen) atoms. The quantitative estimate of drug-likeness (QED) is 0.677. The van der Waals surface area contributed by atoms with Crippen molar-refractivity contribution < 1.29 is 17.9 Å². The van der Waals surface area contributed by atoms with Gasteiger partial charge in [0.1, 0.15) is 10.6 Å². The lowest BCUT2D eigenvalue weighted by Gasteiger charge is -2.31. The Balaban J connectivity index is 1.79. The van der Waals surface area contributed by atoms with Crippen LogP contribution in [0.3, 0.4) is 0 Å².